The van der Waals surface area contributed by atoms with Crippen LogP contribution < -0.4 is 5.32 Å². The van der Waals surface area contributed by atoms with Gasteiger partial charge in [-0.15, -0.1) is 0 Å². The van der Waals surface area contributed by atoms with Crippen molar-refractivity contribution in [1.29, 1.82) is 0 Å². The van der Waals surface area contributed by atoms with Crippen LogP contribution in [0.3, 0.4) is 0 Å². The number of likely N-dealkylation sites (tertiary alicyclic amines) is 1. The summed E-state index contributed by atoms with van der Waals surface area (Å²) in [4.78, 5) is 14.1. The Balaban J connectivity index is 1.63. The van der Waals surface area contributed by atoms with Gasteiger partial charge in [-0.2, -0.15) is 0 Å². The summed E-state index contributed by atoms with van der Waals surface area (Å²) in [7, 11) is 0. The summed E-state index contributed by atoms with van der Waals surface area (Å²) in [5.41, 5.74) is 1.11. The third kappa shape index (κ3) is 3.13. The Morgan fingerprint density at radius 1 is 1.26 bits per heavy atom. The lowest BCUT2D eigenvalue weighted by atomic mass is 10.0. The molecule has 0 spiro atoms. The average Bonchev–Trinajstić information content (AvgIpc) is 3.08. The minimum absolute atomic E-state index is 0.122. The normalized spacial score (nSPS) is 23.5. The standard InChI is InChI=1S/C15H19FN2O/c16-12-5-3-11(4-6-12)14-2-1-9-18(14)10-15(19)17-13-7-8-13/h3-6,13-14H,1-2,7-10H2,(H,17,19). The molecule has 1 atom stereocenters. The van der Waals surface area contributed by atoms with E-state index in [0.717, 1.165) is 37.8 Å². The van der Waals surface area contributed by atoms with Crippen LogP contribution in [0.4, 0.5) is 4.39 Å². The third-order valence-electron chi connectivity index (χ3n) is 3.91. The van der Waals surface area contributed by atoms with Crippen molar-refractivity contribution in [2.24, 2.45) is 0 Å². The predicted octanol–water partition coefficient (Wildman–Crippen LogP) is 2.24. The average molecular weight is 262 g/mol. The molecule has 0 aromatic heterocycles. The summed E-state index contributed by atoms with van der Waals surface area (Å²) in [6.07, 6.45) is 4.38. The van der Waals surface area contributed by atoms with Gasteiger partial charge in [0.1, 0.15) is 5.82 Å². The Bertz CT molecular complexity index is 456. The van der Waals surface area contributed by atoms with Crippen molar-refractivity contribution in [3.63, 3.8) is 0 Å². The first-order chi connectivity index (χ1) is 9.22. The number of halogens is 1. The second kappa shape index (κ2) is 5.29. The van der Waals surface area contributed by atoms with E-state index < -0.39 is 0 Å². The van der Waals surface area contributed by atoms with Crippen LogP contribution in [-0.2, 0) is 4.79 Å². The maximum atomic E-state index is 13.0. The Hall–Kier alpha value is -1.42. The molecule has 2 fully saturated rings. The lowest BCUT2D eigenvalue weighted by Gasteiger charge is -2.24. The molecule has 1 amide bonds. The van der Waals surface area contributed by atoms with Gasteiger partial charge in [0.05, 0.1) is 6.54 Å². The van der Waals surface area contributed by atoms with Crippen molar-refractivity contribution in [2.75, 3.05) is 13.1 Å². The highest BCUT2D eigenvalue weighted by Crippen LogP contribution is 2.31. The van der Waals surface area contributed by atoms with E-state index in [1.54, 1.807) is 0 Å². The molecule has 1 saturated heterocycles. The molecule has 1 aromatic carbocycles. The summed E-state index contributed by atoms with van der Waals surface area (Å²) < 4.78 is 13.0. The van der Waals surface area contributed by atoms with Gasteiger partial charge < -0.3 is 5.32 Å². The molecule has 1 aliphatic heterocycles. The van der Waals surface area contributed by atoms with Crippen LogP contribution in [-0.4, -0.2) is 29.9 Å². The molecule has 0 radical (unpaired) electrons. The Kier molecular flexibility index (Phi) is 3.51. The number of benzene rings is 1. The molecule has 1 saturated carbocycles. The van der Waals surface area contributed by atoms with E-state index in [1.807, 2.05) is 12.1 Å². The maximum Gasteiger partial charge on any atom is 0.234 e. The number of amides is 1. The molecule has 3 rings (SSSR count). The van der Waals surface area contributed by atoms with Gasteiger partial charge in [-0.1, -0.05) is 12.1 Å². The Morgan fingerprint density at radius 2 is 2.00 bits per heavy atom. The summed E-state index contributed by atoms with van der Waals surface area (Å²) in [5.74, 6) is -0.0868. The highest BCUT2D eigenvalue weighted by atomic mass is 19.1. The first-order valence-corrected chi connectivity index (χ1v) is 7.01. The molecule has 1 unspecified atom stereocenters. The number of hydrogen-bond donors (Lipinski definition) is 1. The smallest absolute Gasteiger partial charge is 0.234 e. The molecule has 1 aromatic rings. The van der Waals surface area contributed by atoms with Crippen LogP contribution in [0.15, 0.2) is 24.3 Å². The van der Waals surface area contributed by atoms with E-state index in [4.69, 9.17) is 0 Å². The fourth-order valence-electron chi connectivity index (χ4n) is 2.76. The van der Waals surface area contributed by atoms with E-state index in [2.05, 4.69) is 10.2 Å². The van der Waals surface area contributed by atoms with Crippen molar-refractivity contribution in [3.8, 4) is 0 Å². The number of hydrogen-bond acceptors (Lipinski definition) is 2. The van der Waals surface area contributed by atoms with Crippen molar-refractivity contribution in [2.45, 2.75) is 37.8 Å². The summed E-state index contributed by atoms with van der Waals surface area (Å²) in [6, 6.07) is 7.32. The molecular weight excluding hydrogens is 243 g/mol. The predicted molar refractivity (Wildman–Crippen MR) is 71.1 cm³/mol. The zero-order chi connectivity index (χ0) is 13.2. The van der Waals surface area contributed by atoms with E-state index in [1.165, 1.54) is 12.1 Å². The lowest BCUT2D eigenvalue weighted by molar-refractivity contribution is -0.122. The highest BCUT2D eigenvalue weighted by Gasteiger charge is 2.29. The molecule has 4 heteroatoms. The zero-order valence-electron chi connectivity index (χ0n) is 10.9. The van der Waals surface area contributed by atoms with E-state index in [-0.39, 0.29) is 17.8 Å². The molecule has 1 aliphatic carbocycles. The SMILES string of the molecule is O=C(CN1CCCC1c1ccc(F)cc1)NC1CC1. The number of carbonyl (C=O) groups excluding carboxylic acids is 1. The molecule has 19 heavy (non-hydrogen) atoms. The van der Waals surface area contributed by atoms with Gasteiger partial charge in [0.25, 0.3) is 0 Å². The third-order valence-corrected chi connectivity index (χ3v) is 3.91. The van der Waals surface area contributed by atoms with Crippen LogP contribution in [0.5, 0.6) is 0 Å². The topological polar surface area (TPSA) is 32.3 Å². The maximum absolute atomic E-state index is 13.0. The van der Waals surface area contributed by atoms with Gasteiger partial charge in [-0.3, -0.25) is 9.69 Å². The number of carbonyl (C=O) groups is 1. The molecule has 0 bridgehead atoms. The second-order valence-electron chi connectivity index (χ2n) is 5.52. The minimum atomic E-state index is -0.209. The summed E-state index contributed by atoms with van der Waals surface area (Å²) >= 11 is 0. The lowest BCUT2D eigenvalue weighted by Crippen LogP contribution is -2.37. The fraction of sp³-hybridized carbons (Fsp3) is 0.533. The molecule has 1 heterocycles. The quantitative estimate of drug-likeness (QED) is 0.902. The van der Waals surface area contributed by atoms with Gasteiger partial charge in [-0.05, 0) is 49.9 Å². The van der Waals surface area contributed by atoms with Gasteiger partial charge in [-0.25, -0.2) is 4.39 Å². The molecule has 102 valence electrons. The van der Waals surface area contributed by atoms with Crippen molar-refractivity contribution < 1.29 is 9.18 Å². The molecule has 3 nitrogen and oxygen atoms in total. The van der Waals surface area contributed by atoms with Gasteiger partial charge in [0.2, 0.25) is 5.91 Å². The monoisotopic (exact) mass is 262 g/mol. The van der Waals surface area contributed by atoms with Crippen molar-refractivity contribution in [1.82, 2.24) is 10.2 Å². The van der Waals surface area contributed by atoms with E-state index in [0.29, 0.717) is 12.6 Å². The Labute approximate surface area is 112 Å². The first kappa shape index (κ1) is 12.6. The molecule has 1 N–H and O–H groups in total. The Morgan fingerprint density at radius 3 is 2.68 bits per heavy atom. The summed E-state index contributed by atoms with van der Waals surface area (Å²) in [6.45, 7) is 1.40. The number of nitrogens with one attached hydrogen (secondary N) is 1. The van der Waals surface area contributed by atoms with Gasteiger partial charge in [0, 0.05) is 12.1 Å². The van der Waals surface area contributed by atoms with Gasteiger partial charge in [0.15, 0.2) is 0 Å². The van der Waals surface area contributed by atoms with Crippen LogP contribution in [0.1, 0.15) is 37.3 Å². The van der Waals surface area contributed by atoms with E-state index in [9.17, 15) is 9.18 Å². The highest BCUT2D eigenvalue weighted by molar-refractivity contribution is 5.78. The number of nitrogens with zero attached hydrogens (tertiary/aromatic N) is 1. The minimum Gasteiger partial charge on any atom is -0.352 e. The van der Waals surface area contributed by atoms with Crippen LogP contribution in [0.2, 0.25) is 0 Å². The summed E-state index contributed by atoms with van der Waals surface area (Å²) in [5, 5.41) is 3.02. The van der Waals surface area contributed by atoms with Crippen LogP contribution >= 0.6 is 0 Å². The number of rotatable bonds is 4. The largest absolute Gasteiger partial charge is 0.352 e. The zero-order valence-corrected chi connectivity index (χ0v) is 10.9. The first-order valence-electron chi connectivity index (χ1n) is 7.01. The van der Waals surface area contributed by atoms with Crippen LogP contribution in [0, 0.1) is 5.82 Å². The molecular formula is C15H19FN2O. The van der Waals surface area contributed by atoms with E-state index >= 15 is 0 Å². The van der Waals surface area contributed by atoms with Crippen LogP contribution in [0.25, 0.3) is 0 Å². The van der Waals surface area contributed by atoms with Crippen molar-refractivity contribution >= 4 is 5.91 Å². The fourth-order valence-corrected chi connectivity index (χ4v) is 2.76. The van der Waals surface area contributed by atoms with Crippen molar-refractivity contribution in [3.05, 3.63) is 35.6 Å². The molecule has 2 aliphatic rings. The van der Waals surface area contributed by atoms with Gasteiger partial charge >= 0.3 is 0 Å². The second-order valence-corrected chi connectivity index (χ2v) is 5.52.